The molecular weight excluding hydrogens is 294 g/mol. The third-order valence-corrected chi connectivity index (χ3v) is 2.51. The molecule has 8 nitrogen and oxygen atoms in total. The Morgan fingerprint density at radius 1 is 0.955 bits per heavy atom. The van der Waals surface area contributed by atoms with Gasteiger partial charge in [0.15, 0.2) is 0 Å². The maximum absolute atomic E-state index is 12.0. The van der Waals surface area contributed by atoms with Gasteiger partial charge in [0.05, 0.1) is 18.9 Å². The number of hydrogen-bond donors (Lipinski definition) is 1. The van der Waals surface area contributed by atoms with Crippen molar-refractivity contribution in [2.75, 3.05) is 13.2 Å². The molecule has 8 heteroatoms. The highest BCUT2D eigenvalue weighted by molar-refractivity contribution is 6.35. The molecule has 0 unspecified atom stereocenters. The average Bonchev–Trinajstić information content (AvgIpc) is 2.47. The summed E-state index contributed by atoms with van der Waals surface area (Å²) in [4.78, 5) is 47.5. The minimum atomic E-state index is -1.27. The van der Waals surface area contributed by atoms with Crippen LogP contribution < -0.4 is 0 Å². The zero-order chi connectivity index (χ0) is 17.3. The van der Waals surface area contributed by atoms with Crippen LogP contribution in [0.4, 0.5) is 0 Å². The van der Waals surface area contributed by atoms with Crippen LogP contribution >= 0.6 is 0 Å². The van der Waals surface area contributed by atoms with Crippen molar-refractivity contribution in [2.45, 2.75) is 40.5 Å². The van der Waals surface area contributed by atoms with Crippen molar-refractivity contribution >= 4 is 23.8 Å². The van der Waals surface area contributed by atoms with E-state index in [1.807, 2.05) is 0 Å². The van der Waals surface area contributed by atoms with Crippen LogP contribution in [0.2, 0.25) is 0 Å². The van der Waals surface area contributed by atoms with E-state index in [-0.39, 0.29) is 25.3 Å². The van der Waals surface area contributed by atoms with Gasteiger partial charge in [0.1, 0.15) is 0 Å². The molecular formula is C14H21NO7. The number of esters is 2. The first-order valence-electron chi connectivity index (χ1n) is 6.92. The van der Waals surface area contributed by atoms with E-state index in [1.165, 1.54) is 13.8 Å². The number of imide groups is 1. The molecule has 2 amide bonds. The summed E-state index contributed by atoms with van der Waals surface area (Å²) in [6.07, 6.45) is 0.372. The third-order valence-electron chi connectivity index (χ3n) is 2.51. The number of carbonyl (C=O) groups is 4. The Balaban J connectivity index is 5.62. The molecule has 124 valence electrons. The Hall–Kier alpha value is -2.38. The fourth-order valence-corrected chi connectivity index (χ4v) is 1.52. The fraction of sp³-hybridized carbons (Fsp3) is 0.571. The molecule has 0 saturated carbocycles. The second-order valence-corrected chi connectivity index (χ2v) is 4.16. The van der Waals surface area contributed by atoms with E-state index >= 15 is 0 Å². The SMILES string of the molecule is CCCC(=O)N(C(=O)C(=O)OCC)/C(C)=C(\O)C(=O)OCC. The van der Waals surface area contributed by atoms with Crippen molar-refractivity contribution in [3.8, 4) is 0 Å². The number of allylic oxidation sites excluding steroid dienone is 1. The van der Waals surface area contributed by atoms with Gasteiger partial charge in [-0.3, -0.25) is 9.59 Å². The molecule has 0 fully saturated rings. The number of aliphatic hydroxyl groups is 1. The Bertz CT molecular complexity index is 482. The molecule has 0 aromatic heterocycles. The molecule has 22 heavy (non-hydrogen) atoms. The Kier molecular flexibility index (Phi) is 8.51. The van der Waals surface area contributed by atoms with E-state index in [2.05, 4.69) is 9.47 Å². The van der Waals surface area contributed by atoms with Crippen molar-refractivity contribution in [3.63, 3.8) is 0 Å². The first kappa shape index (κ1) is 19.6. The Labute approximate surface area is 128 Å². The third kappa shape index (κ3) is 5.19. The van der Waals surface area contributed by atoms with Crippen LogP contribution in [0.3, 0.4) is 0 Å². The molecule has 0 aromatic carbocycles. The van der Waals surface area contributed by atoms with Crippen LogP contribution in [0.15, 0.2) is 11.5 Å². The lowest BCUT2D eigenvalue weighted by Crippen LogP contribution is -2.41. The van der Waals surface area contributed by atoms with Crippen LogP contribution in [0.1, 0.15) is 40.5 Å². The molecule has 0 atom stereocenters. The molecule has 0 aliphatic carbocycles. The van der Waals surface area contributed by atoms with Gasteiger partial charge in [-0.05, 0) is 27.2 Å². The van der Waals surface area contributed by atoms with Crippen LogP contribution in [-0.4, -0.2) is 47.0 Å². The maximum atomic E-state index is 12.0. The minimum absolute atomic E-state index is 0.00486. The van der Waals surface area contributed by atoms with Gasteiger partial charge in [-0.15, -0.1) is 0 Å². The Morgan fingerprint density at radius 2 is 1.45 bits per heavy atom. The first-order valence-corrected chi connectivity index (χ1v) is 6.92. The predicted molar refractivity (Wildman–Crippen MR) is 75.4 cm³/mol. The second-order valence-electron chi connectivity index (χ2n) is 4.16. The van der Waals surface area contributed by atoms with Crippen molar-refractivity contribution in [3.05, 3.63) is 11.5 Å². The smallest absolute Gasteiger partial charge is 0.397 e. The fourth-order valence-electron chi connectivity index (χ4n) is 1.52. The van der Waals surface area contributed by atoms with Crippen LogP contribution in [0.25, 0.3) is 0 Å². The number of aliphatic hydroxyl groups excluding tert-OH is 1. The van der Waals surface area contributed by atoms with Gasteiger partial charge < -0.3 is 14.6 Å². The maximum Gasteiger partial charge on any atom is 0.397 e. The van der Waals surface area contributed by atoms with Crippen molar-refractivity contribution in [2.24, 2.45) is 0 Å². The van der Waals surface area contributed by atoms with Gasteiger partial charge >= 0.3 is 17.8 Å². The average molecular weight is 315 g/mol. The zero-order valence-electron chi connectivity index (χ0n) is 13.2. The van der Waals surface area contributed by atoms with Crippen LogP contribution in [0.5, 0.6) is 0 Å². The van der Waals surface area contributed by atoms with Crippen molar-refractivity contribution in [1.82, 2.24) is 4.90 Å². The molecule has 0 aromatic rings. The summed E-state index contributed by atoms with van der Waals surface area (Å²) in [6, 6.07) is 0. The lowest BCUT2D eigenvalue weighted by molar-refractivity contribution is -0.162. The number of rotatable bonds is 6. The molecule has 0 radical (unpaired) electrons. The molecule has 0 aliphatic heterocycles. The van der Waals surface area contributed by atoms with Gasteiger partial charge in [-0.2, -0.15) is 0 Å². The number of amides is 2. The highest BCUT2D eigenvalue weighted by Gasteiger charge is 2.32. The van der Waals surface area contributed by atoms with E-state index in [0.29, 0.717) is 11.3 Å². The van der Waals surface area contributed by atoms with Gasteiger partial charge in [-0.1, -0.05) is 6.92 Å². The zero-order valence-corrected chi connectivity index (χ0v) is 13.2. The molecule has 0 rings (SSSR count). The first-order chi connectivity index (χ1) is 10.3. The predicted octanol–water partition coefficient (Wildman–Crippen LogP) is 1.06. The van der Waals surface area contributed by atoms with E-state index in [9.17, 15) is 24.3 Å². The summed E-state index contributed by atoms with van der Waals surface area (Å²) in [7, 11) is 0. The number of carbonyl (C=O) groups excluding carboxylic acids is 4. The highest BCUT2D eigenvalue weighted by Crippen LogP contribution is 2.13. The Morgan fingerprint density at radius 3 is 1.91 bits per heavy atom. The van der Waals surface area contributed by atoms with Gasteiger partial charge in [0.25, 0.3) is 0 Å². The summed E-state index contributed by atoms with van der Waals surface area (Å²) in [5.41, 5.74) is -0.380. The monoisotopic (exact) mass is 315 g/mol. The van der Waals surface area contributed by atoms with Crippen LogP contribution in [0, 0.1) is 0 Å². The quantitative estimate of drug-likeness (QED) is 0.337. The minimum Gasteiger partial charge on any atom is -0.501 e. The van der Waals surface area contributed by atoms with Crippen molar-refractivity contribution < 1.29 is 33.8 Å². The van der Waals surface area contributed by atoms with Crippen molar-refractivity contribution in [1.29, 1.82) is 0 Å². The summed E-state index contributed by atoms with van der Waals surface area (Å²) >= 11 is 0. The van der Waals surface area contributed by atoms with Gasteiger partial charge in [0, 0.05) is 6.42 Å². The highest BCUT2D eigenvalue weighted by atomic mass is 16.5. The van der Waals surface area contributed by atoms with E-state index in [1.54, 1.807) is 6.92 Å². The van der Waals surface area contributed by atoms with E-state index in [0.717, 1.165) is 6.92 Å². The molecule has 0 saturated heterocycles. The molecule has 0 spiro atoms. The topological polar surface area (TPSA) is 110 Å². The van der Waals surface area contributed by atoms with Crippen LogP contribution in [-0.2, 0) is 28.7 Å². The standard InChI is InChI=1S/C14H21NO7/c1-5-8-10(16)15(12(18)14(20)22-7-3)9(4)11(17)13(19)21-6-2/h17H,5-8H2,1-4H3/b11-9-. The van der Waals surface area contributed by atoms with Gasteiger partial charge in [0.2, 0.25) is 11.7 Å². The lowest BCUT2D eigenvalue weighted by atomic mass is 10.2. The van der Waals surface area contributed by atoms with Gasteiger partial charge in [-0.25, -0.2) is 14.5 Å². The lowest BCUT2D eigenvalue weighted by Gasteiger charge is -2.20. The summed E-state index contributed by atoms with van der Waals surface area (Å²) in [5.74, 6) is -5.25. The molecule has 1 N–H and O–H groups in total. The molecule has 0 heterocycles. The van der Waals surface area contributed by atoms with E-state index < -0.39 is 29.5 Å². The normalized spacial score (nSPS) is 11.3. The molecule has 0 bridgehead atoms. The van der Waals surface area contributed by atoms with E-state index in [4.69, 9.17) is 0 Å². The summed E-state index contributed by atoms with van der Waals surface area (Å²) in [5, 5.41) is 9.77. The second kappa shape index (κ2) is 9.54. The summed E-state index contributed by atoms with van der Waals surface area (Å²) in [6.45, 7) is 5.86. The number of hydrogen-bond acceptors (Lipinski definition) is 7. The molecule has 0 aliphatic rings. The largest absolute Gasteiger partial charge is 0.501 e. The number of ether oxygens (including phenoxy) is 2. The summed E-state index contributed by atoms with van der Waals surface area (Å²) < 4.78 is 9.14. The number of nitrogens with zero attached hydrogens (tertiary/aromatic N) is 1.